The van der Waals surface area contributed by atoms with Crippen LogP contribution in [0.3, 0.4) is 0 Å². The summed E-state index contributed by atoms with van der Waals surface area (Å²) in [6.07, 6.45) is 7.16. The number of benzene rings is 1. The van der Waals surface area contributed by atoms with E-state index < -0.39 is 11.6 Å². The van der Waals surface area contributed by atoms with E-state index in [4.69, 9.17) is 5.73 Å². The van der Waals surface area contributed by atoms with Gasteiger partial charge in [-0.3, -0.25) is 0 Å². The molecule has 0 radical (unpaired) electrons. The summed E-state index contributed by atoms with van der Waals surface area (Å²) in [5, 5.41) is 0. The fraction of sp³-hybridized carbons (Fsp3) is 0.647. The molecule has 0 bridgehead atoms. The molecule has 1 aliphatic rings. The highest BCUT2D eigenvalue weighted by atomic mass is 19.1. The molecule has 2 N–H and O–H groups in total. The predicted molar refractivity (Wildman–Crippen MR) is 78.4 cm³/mol. The Kier molecular flexibility index (Phi) is 5.14. The van der Waals surface area contributed by atoms with E-state index in [1.165, 1.54) is 31.0 Å². The standard InChI is InChI=1S/C17H25F2N/c1-2-4-13-7-9-17(12-20,10-8-13)11-14-15(18)5-3-6-16(14)19/h3,5-6,13H,2,4,7-12,20H2,1H3. The van der Waals surface area contributed by atoms with Crippen molar-refractivity contribution in [3.8, 4) is 0 Å². The molecule has 1 aromatic rings. The van der Waals surface area contributed by atoms with E-state index in [1.807, 2.05) is 0 Å². The maximum atomic E-state index is 13.8. The molecule has 0 aromatic heterocycles. The van der Waals surface area contributed by atoms with E-state index in [-0.39, 0.29) is 11.0 Å². The zero-order valence-corrected chi connectivity index (χ0v) is 12.3. The maximum Gasteiger partial charge on any atom is 0.129 e. The lowest BCUT2D eigenvalue weighted by Crippen LogP contribution is -2.37. The molecule has 0 heterocycles. The summed E-state index contributed by atoms with van der Waals surface area (Å²) in [6.45, 7) is 2.72. The van der Waals surface area contributed by atoms with Crippen LogP contribution in [0.2, 0.25) is 0 Å². The average Bonchev–Trinajstić information content (AvgIpc) is 2.45. The van der Waals surface area contributed by atoms with Gasteiger partial charge in [-0.25, -0.2) is 8.78 Å². The van der Waals surface area contributed by atoms with Crippen molar-refractivity contribution in [1.82, 2.24) is 0 Å². The van der Waals surface area contributed by atoms with E-state index in [1.54, 1.807) is 0 Å². The van der Waals surface area contributed by atoms with Crippen molar-refractivity contribution >= 4 is 0 Å². The Morgan fingerprint density at radius 1 is 1.20 bits per heavy atom. The van der Waals surface area contributed by atoms with E-state index >= 15 is 0 Å². The van der Waals surface area contributed by atoms with Gasteiger partial charge < -0.3 is 5.73 Å². The molecule has 1 saturated carbocycles. The van der Waals surface area contributed by atoms with Crippen LogP contribution in [0, 0.1) is 23.0 Å². The molecular formula is C17H25F2N. The Balaban J connectivity index is 2.10. The molecule has 1 aromatic carbocycles. The molecule has 1 nitrogen and oxygen atoms in total. The largest absolute Gasteiger partial charge is 0.330 e. The fourth-order valence-corrected chi connectivity index (χ4v) is 3.52. The lowest BCUT2D eigenvalue weighted by Gasteiger charge is -2.40. The summed E-state index contributed by atoms with van der Waals surface area (Å²) in [4.78, 5) is 0. The molecule has 2 rings (SSSR count). The molecule has 0 atom stereocenters. The van der Waals surface area contributed by atoms with Gasteiger partial charge in [0, 0.05) is 5.56 Å². The first-order chi connectivity index (χ1) is 9.60. The third-order valence-corrected chi connectivity index (χ3v) is 4.91. The van der Waals surface area contributed by atoms with Crippen LogP contribution in [0.4, 0.5) is 8.78 Å². The van der Waals surface area contributed by atoms with E-state index in [9.17, 15) is 8.78 Å². The molecule has 0 unspecified atom stereocenters. The minimum absolute atomic E-state index is 0.118. The van der Waals surface area contributed by atoms with Crippen LogP contribution >= 0.6 is 0 Å². The lowest BCUT2D eigenvalue weighted by molar-refractivity contribution is 0.148. The molecule has 0 amide bonds. The van der Waals surface area contributed by atoms with Crippen LogP contribution < -0.4 is 5.73 Å². The van der Waals surface area contributed by atoms with Crippen molar-refractivity contribution in [2.24, 2.45) is 17.1 Å². The molecule has 0 saturated heterocycles. The van der Waals surface area contributed by atoms with Gasteiger partial charge in [0.25, 0.3) is 0 Å². The van der Waals surface area contributed by atoms with Gasteiger partial charge in [0.15, 0.2) is 0 Å². The summed E-state index contributed by atoms with van der Waals surface area (Å²) < 4.78 is 27.7. The first kappa shape index (κ1) is 15.4. The van der Waals surface area contributed by atoms with Gasteiger partial charge in [-0.05, 0) is 62.1 Å². The second kappa shape index (κ2) is 6.66. The molecule has 20 heavy (non-hydrogen) atoms. The Labute approximate surface area is 120 Å². The predicted octanol–water partition coefficient (Wildman–Crippen LogP) is 4.44. The Bertz CT molecular complexity index is 416. The molecule has 1 fully saturated rings. The van der Waals surface area contributed by atoms with Gasteiger partial charge in [0.1, 0.15) is 11.6 Å². The van der Waals surface area contributed by atoms with E-state index in [2.05, 4.69) is 6.92 Å². The first-order valence-corrected chi connectivity index (χ1v) is 7.73. The summed E-state index contributed by atoms with van der Waals surface area (Å²) in [5.74, 6) is -0.104. The van der Waals surface area contributed by atoms with Crippen LogP contribution in [0.1, 0.15) is 51.0 Å². The summed E-state index contributed by atoms with van der Waals surface area (Å²) >= 11 is 0. The third-order valence-electron chi connectivity index (χ3n) is 4.91. The molecule has 112 valence electrons. The number of halogens is 2. The van der Waals surface area contributed by atoms with Gasteiger partial charge in [0.2, 0.25) is 0 Å². The van der Waals surface area contributed by atoms with Crippen LogP contribution in [0.5, 0.6) is 0 Å². The summed E-state index contributed by atoms with van der Waals surface area (Å²) in [5.41, 5.74) is 6.06. The van der Waals surface area contributed by atoms with Crippen molar-refractivity contribution in [2.75, 3.05) is 6.54 Å². The summed E-state index contributed by atoms with van der Waals surface area (Å²) in [6, 6.07) is 4.10. The van der Waals surface area contributed by atoms with Crippen LogP contribution in [-0.4, -0.2) is 6.54 Å². The van der Waals surface area contributed by atoms with Gasteiger partial charge in [0.05, 0.1) is 0 Å². The zero-order chi connectivity index (χ0) is 14.6. The topological polar surface area (TPSA) is 26.0 Å². The van der Waals surface area contributed by atoms with Crippen LogP contribution in [0.25, 0.3) is 0 Å². The van der Waals surface area contributed by atoms with Crippen LogP contribution in [-0.2, 0) is 6.42 Å². The van der Waals surface area contributed by atoms with Gasteiger partial charge in [-0.15, -0.1) is 0 Å². The normalized spacial score (nSPS) is 26.7. The Morgan fingerprint density at radius 2 is 1.80 bits per heavy atom. The summed E-state index contributed by atoms with van der Waals surface area (Å²) in [7, 11) is 0. The monoisotopic (exact) mass is 281 g/mol. The van der Waals surface area contributed by atoms with Crippen LogP contribution in [0.15, 0.2) is 18.2 Å². The number of nitrogens with two attached hydrogens (primary N) is 1. The lowest BCUT2D eigenvalue weighted by atomic mass is 9.66. The van der Waals surface area contributed by atoms with Crippen molar-refractivity contribution in [3.63, 3.8) is 0 Å². The minimum Gasteiger partial charge on any atom is -0.330 e. The Hall–Kier alpha value is -0.960. The number of rotatable bonds is 5. The Morgan fingerprint density at radius 3 is 2.30 bits per heavy atom. The first-order valence-electron chi connectivity index (χ1n) is 7.73. The van der Waals surface area contributed by atoms with E-state index in [0.717, 1.165) is 31.6 Å². The number of hydrogen-bond donors (Lipinski definition) is 1. The molecule has 0 spiro atoms. The highest BCUT2D eigenvalue weighted by molar-refractivity contribution is 5.21. The van der Waals surface area contributed by atoms with Gasteiger partial charge in [-0.2, -0.15) is 0 Å². The molecule has 0 aliphatic heterocycles. The van der Waals surface area contributed by atoms with E-state index in [0.29, 0.717) is 13.0 Å². The average molecular weight is 281 g/mol. The molecular weight excluding hydrogens is 256 g/mol. The smallest absolute Gasteiger partial charge is 0.129 e. The highest BCUT2D eigenvalue weighted by Crippen LogP contribution is 2.42. The second-order valence-corrected chi connectivity index (χ2v) is 6.31. The fourth-order valence-electron chi connectivity index (χ4n) is 3.52. The second-order valence-electron chi connectivity index (χ2n) is 6.31. The highest BCUT2D eigenvalue weighted by Gasteiger charge is 2.35. The van der Waals surface area contributed by atoms with Crippen molar-refractivity contribution in [1.29, 1.82) is 0 Å². The molecule has 1 aliphatic carbocycles. The number of hydrogen-bond acceptors (Lipinski definition) is 1. The maximum absolute atomic E-state index is 13.8. The zero-order valence-electron chi connectivity index (χ0n) is 12.3. The van der Waals surface area contributed by atoms with Gasteiger partial charge >= 0.3 is 0 Å². The quantitative estimate of drug-likeness (QED) is 0.848. The third kappa shape index (κ3) is 3.38. The van der Waals surface area contributed by atoms with Crippen molar-refractivity contribution in [3.05, 3.63) is 35.4 Å². The minimum atomic E-state index is -0.437. The van der Waals surface area contributed by atoms with Crippen molar-refractivity contribution < 1.29 is 8.78 Å². The van der Waals surface area contributed by atoms with Crippen molar-refractivity contribution in [2.45, 2.75) is 51.9 Å². The van der Waals surface area contributed by atoms with Gasteiger partial charge in [-0.1, -0.05) is 25.8 Å². The molecule has 3 heteroatoms. The SMILES string of the molecule is CCCC1CCC(CN)(Cc2c(F)cccc2F)CC1.